The van der Waals surface area contributed by atoms with E-state index in [4.69, 9.17) is 4.98 Å². The number of aryl methyl sites for hydroxylation is 1. The molecule has 2 atom stereocenters. The van der Waals surface area contributed by atoms with E-state index in [0.29, 0.717) is 0 Å². The molecule has 0 amide bonds. The maximum Gasteiger partial charge on any atom is 0.137 e. The Hall–Kier alpha value is -2.47. The summed E-state index contributed by atoms with van der Waals surface area (Å²) in [6.45, 7) is 7.55. The molecule has 6 heteroatoms. The summed E-state index contributed by atoms with van der Waals surface area (Å²) >= 11 is 0. The molecule has 2 aliphatic heterocycles. The molecule has 2 saturated heterocycles. The van der Waals surface area contributed by atoms with E-state index in [2.05, 4.69) is 49.6 Å². The lowest BCUT2D eigenvalue weighted by Crippen LogP contribution is -2.29. The fourth-order valence-electron chi connectivity index (χ4n) is 4.41. The van der Waals surface area contributed by atoms with Gasteiger partial charge in [-0.25, -0.2) is 15.0 Å². The molecule has 0 radical (unpaired) electrons. The van der Waals surface area contributed by atoms with Crippen molar-refractivity contribution in [3.63, 3.8) is 0 Å². The zero-order valence-corrected chi connectivity index (χ0v) is 14.4. The third kappa shape index (κ3) is 2.66. The zero-order chi connectivity index (χ0) is 16.8. The highest BCUT2D eigenvalue weighted by molar-refractivity contribution is 5.46. The molecule has 0 saturated carbocycles. The Morgan fingerprint density at radius 2 is 1.96 bits per heavy atom. The number of fused-ring (bicyclic) bond motifs is 2. The van der Waals surface area contributed by atoms with Crippen molar-refractivity contribution in [3.8, 4) is 0 Å². The average molecular weight is 334 g/mol. The minimum absolute atomic E-state index is 0.728. The van der Waals surface area contributed by atoms with Crippen molar-refractivity contribution in [2.24, 2.45) is 11.8 Å². The second-order valence-electron chi connectivity index (χ2n) is 7.35. The summed E-state index contributed by atoms with van der Waals surface area (Å²) in [4.78, 5) is 18.3. The summed E-state index contributed by atoms with van der Waals surface area (Å²) < 4.78 is 2.10. The monoisotopic (exact) mass is 334 g/mol. The highest BCUT2D eigenvalue weighted by Crippen LogP contribution is 2.34. The van der Waals surface area contributed by atoms with Crippen LogP contribution in [0.4, 0.5) is 5.82 Å². The van der Waals surface area contributed by atoms with Crippen molar-refractivity contribution in [2.45, 2.75) is 13.5 Å². The largest absolute Gasteiger partial charge is 0.356 e. The molecule has 3 aromatic rings. The van der Waals surface area contributed by atoms with E-state index >= 15 is 0 Å². The lowest BCUT2D eigenvalue weighted by atomic mass is 10.0. The van der Waals surface area contributed by atoms with Crippen molar-refractivity contribution in [3.05, 3.63) is 54.4 Å². The van der Waals surface area contributed by atoms with Crippen molar-refractivity contribution >= 4 is 11.5 Å². The topological polar surface area (TPSA) is 49.6 Å². The van der Waals surface area contributed by atoms with Gasteiger partial charge < -0.3 is 9.30 Å². The van der Waals surface area contributed by atoms with Gasteiger partial charge >= 0.3 is 0 Å². The van der Waals surface area contributed by atoms with E-state index in [0.717, 1.165) is 61.7 Å². The number of likely N-dealkylation sites (tertiary alicyclic amines) is 1. The Labute approximate surface area is 147 Å². The van der Waals surface area contributed by atoms with E-state index in [-0.39, 0.29) is 0 Å². The molecular weight excluding hydrogens is 312 g/mol. The molecule has 0 N–H and O–H groups in total. The Bertz CT molecular complexity index is 857. The van der Waals surface area contributed by atoms with Crippen LogP contribution in [0.3, 0.4) is 0 Å². The van der Waals surface area contributed by atoms with E-state index in [9.17, 15) is 0 Å². The van der Waals surface area contributed by atoms with Crippen molar-refractivity contribution in [1.29, 1.82) is 0 Å². The van der Waals surface area contributed by atoms with Crippen LogP contribution in [-0.4, -0.2) is 50.4 Å². The van der Waals surface area contributed by atoms with Gasteiger partial charge in [0.25, 0.3) is 0 Å². The van der Waals surface area contributed by atoms with Gasteiger partial charge in [-0.1, -0.05) is 6.07 Å². The minimum atomic E-state index is 0.728. The molecule has 2 fully saturated rings. The number of nitrogens with zero attached hydrogens (tertiary/aromatic N) is 6. The van der Waals surface area contributed by atoms with E-state index in [1.54, 1.807) is 6.33 Å². The smallest absolute Gasteiger partial charge is 0.137 e. The molecule has 25 heavy (non-hydrogen) atoms. The van der Waals surface area contributed by atoms with Crippen LogP contribution in [0.2, 0.25) is 0 Å². The van der Waals surface area contributed by atoms with Gasteiger partial charge in [0.05, 0.1) is 5.69 Å². The number of hydrogen-bond acceptors (Lipinski definition) is 5. The molecule has 0 bridgehead atoms. The lowest BCUT2D eigenvalue weighted by molar-refractivity contribution is 0.305. The third-order valence-electron chi connectivity index (χ3n) is 5.53. The molecule has 0 aromatic carbocycles. The van der Waals surface area contributed by atoms with E-state index in [1.165, 1.54) is 5.56 Å². The van der Waals surface area contributed by atoms with E-state index in [1.807, 2.05) is 18.3 Å². The second kappa shape index (κ2) is 5.81. The number of pyridine rings is 1. The first-order valence-corrected chi connectivity index (χ1v) is 8.93. The van der Waals surface area contributed by atoms with Gasteiger partial charge in [0.15, 0.2) is 0 Å². The van der Waals surface area contributed by atoms with Crippen LogP contribution in [0.1, 0.15) is 11.3 Å². The molecule has 5 rings (SSSR count). The molecule has 0 spiro atoms. The van der Waals surface area contributed by atoms with E-state index < -0.39 is 0 Å². The molecule has 6 nitrogen and oxygen atoms in total. The number of hydrogen-bond donors (Lipinski definition) is 0. The van der Waals surface area contributed by atoms with Gasteiger partial charge in [0.1, 0.15) is 17.8 Å². The average Bonchev–Trinajstić information content (AvgIpc) is 3.27. The first kappa shape index (κ1) is 14.8. The molecule has 2 aliphatic rings. The van der Waals surface area contributed by atoms with Crippen LogP contribution >= 0.6 is 0 Å². The van der Waals surface area contributed by atoms with Crippen LogP contribution in [0.15, 0.2) is 43.1 Å². The summed E-state index contributed by atoms with van der Waals surface area (Å²) in [7, 11) is 0. The quantitative estimate of drug-likeness (QED) is 0.733. The maximum atomic E-state index is 4.74. The van der Waals surface area contributed by atoms with Crippen LogP contribution in [0.25, 0.3) is 5.65 Å². The predicted octanol–water partition coefficient (Wildman–Crippen LogP) is 2.00. The summed E-state index contributed by atoms with van der Waals surface area (Å²) in [6, 6.07) is 6.14. The van der Waals surface area contributed by atoms with Gasteiger partial charge in [-0.3, -0.25) is 4.90 Å². The van der Waals surface area contributed by atoms with Crippen molar-refractivity contribution in [1.82, 2.24) is 24.3 Å². The zero-order valence-electron chi connectivity index (χ0n) is 14.4. The Kier molecular flexibility index (Phi) is 3.45. The molecule has 5 heterocycles. The fourth-order valence-corrected chi connectivity index (χ4v) is 4.41. The van der Waals surface area contributed by atoms with Gasteiger partial charge in [-0.15, -0.1) is 0 Å². The summed E-state index contributed by atoms with van der Waals surface area (Å²) in [6.07, 6.45) is 7.78. The SMILES string of the molecule is Cc1cncnc1N1CC2CN(Cc3cn4ccccc4n3)CC2C1. The third-order valence-corrected chi connectivity index (χ3v) is 5.53. The molecule has 3 aromatic heterocycles. The van der Waals surface area contributed by atoms with Gasteiger partial charge in [-0.2, -0.15) is 0 Å². The summed E-state index contributed by atoms with van der Waals surface area (Å²) in [5, 5.41) is 0. The van der Waals surface area contributed by atoms with Crippen LogP contribution in [-0.2, 0) is 6.54 Å². The first-order chi connectivity index (χ1) is 12.3. The molecule has 128 valence electrons. The van der Waals surface area contributed by atoms with Crippen LogP contribution in [0, 0.1) is 18.8 Å². The molecule has 2 unspecified atom stereocenters. The number of aromatic nitrogens is 4. The number of rotatable bonds is 3. The first-order valence-electron chi connectivity index (χ1n) is 8.93. The predicted molar refractivity (Wildman–Crippen MR) is 96.4 cm³/mol. The highest BCUT2D eigenvalue weighted by atomic mass is 15.3. The Morgan fingerprint density at radius 3 is 2.72 bits per heavy atom. The number of imidazole rings is 1. The summed E-state index contributed by atoms with van der Waals surface area (Å²) in [5.41, 5.74) is 3.36. The van der Waals surface area contributed by atoms with Gasteiger partial charge in [0.2, 0.25) is 0 Å². The summed E-state index contributed by atoms with van der Waals surface area (Å²) in [5.74, 6) is 2.56. The van der Waals surface area contributed by atoms with Gasteiger partial charge in [-0.05, 0) is 30.9 Å². The fraction of sp³-hybridized carbons (Fsp3) is 0.421. The van der Waals surface area contributed by atoms with Gasteiger partial charge in [0, 0.05) is 56.9 Å². The van der Waals surface area contributed by atoms with Crippen LogP contribution in [0.5, 0.6) is 0 Å². The van der Waals surface area contributed by atoms with Crippen molar-refractivity contribution < 1.29 is 0 Å². The Balaban J connectivity index is 1.25. The minimum Gasteiger partial charge on any atom is -0.356 e. The Morgan fingerprint density at radius 1 is 1.12 bits per heavy atom. The molecular formula is C19H22N6. The highest BCUT2D eigenvalue weighted by Gasteiger charge is 2.40. The lowest BCUT2D eigenvalue weighted by Gasteiger charge is -2.22. The normalized spacial score (nSPS) is 23.5. The standard InChI is InChI=1S/C19H22N6/c1-14-6-20-13-21-19(14)25-9-15-7-23(8-16(15)10-25)11-17-12-24-5-3-2-4-18(24)22-17/h2-6,12-13,15-16H,7-11H2,1H3. The maximum absolute atomic E-state index is 4.74. The molecule has 0 aliphatic carbocycles. The van der Waals surface area contributed by atoms with Crippen molar-refractivity contribution in [2.75, 3.05) is 31.1 Å². The second-order valence-corrected chi connectivity index (χ2v) is 7.35. The van der Waals surface area contributed by atoms with Crippen LogP contribution < -0.4 is 4.90 Å². The number of anilines is 1.